The van der Waals surface area contributed by atoms with Gasteiger partial charge in [-0.25, -0.2) is 15.2 Å². The van der Waals surface area contributed by atoms with Crippen LogP contribution in [-0.4, -0.2) is 53.1 Å². The second kappa shape index (κ2) is 9.74. The number of nitro groups is 1. The molecule has 3 N–H and O–H groups in total. The van der Waals surface area contributed by atoms with Crippen LogP contribution in [0.5, 0.6) is 11.5 Å². The molecule has 0 bridgehead atoms. The van der Waals surface area contributed by atoms with E-state index in [2.05, 4.69) is 25.2 Å². The van der Waals surface area contributed by atoms with Gasteiger partial charge >= 0.3 is 6.09 Å². The molecule has 3 aromatic rings. The summed E-state index contributed by atoms with van der Waals surface area (Å²) >= 11 is 0. The van der Waals surface area contributed by atoms with Gasteiger partial charge in [-0.15, -0.1) is 0 Å². The summed E-state index contributed by atoms with van der Waals surface area (Å²) in [5.41, 5.74) is 0.949. The monoisotopic (exact) mass is 457 g/mol. The number of nitrogens with zero attached hydrogens (tertiary/aromatic N) is 3. The summed E-state index contributed by atoms with van der Waals surface area (Å²) in [5.74, 6) is 0.713. The van der Waals surface area contributed by atoms with Crippen LogP contribution in [0.25, 0.3) is 11.0 Å². The molecule has 2 aromatic carbocycles. The molecule has 0 unspecified atom stereocenters. The topological polar surface area (TPSA) is 178 Å². The van der Waals surface area contributed by atoms with Crippen LogP contribution in [-0.2, 0) is 4.74 Å². The number of non-ortho nitro benzene ring substituents is 1. The van der Waals surface area contributed by atoms with Gasteiger partial charge in [0.15, 0.2) is 17.2 Å². The molecule has 0 spiro atoms. The van der Waals surface area contributed by atoms with Crippen molar-refractivity contribution < 1.29 is 29.0 Å². The van der Waals surface area contributed by atoms with Gasteiger partial charge in [-0.1, -0.05) is 6.07 Å². The Morgan fingerprint density at radius 2 is 1.91 bits per heavy atom. The number of nitrogens with one attached hydrogen (secondary N) is 2. The lowest BCUT2D eigenvalue weighted by molar-refractivity contribution is -0.384. The molecule has 0 aliphatic heterocycles. The Morgan fingerprint density at radius 1 is 1.18 bits per heavy atom. The average molecular weight is 457 g/mol. The van der Waals surface area contributed by atoms with Crippen molar-refractivity contribution >= 4 is 28.5 Å². The fourth-order valence-corrected chi connectivity index (χ4v) is 2.94. The van der Waals surface area contributed by atoms with Crippen LogP contribution in [0.3, 0.4) is 0 Å². The van der Waals surface area contributed by atoms with Crippen molar-refractivity contribution in [2.75, 3.05) is 21.3 Å². The summed E-state index contributed by atoms with van der Waals surface area (Å²) in [4.78, 5) is 41.4. The van der Waals surface area contributed by atoms with E-state index in [-0.39, 0.29) is 33.7 Å². The SMILES string of the molecule is COC(=O)N/N=C(\c1nc2ccc([N+](=O)[O-])cc2[nH]c1=O)[C@@H](O)c1ccc(OC)c(OC)c1. The number of carbonyl (C=O) groups excluding carboxylic acids is 1. The predicted molar refractivity (Wildman–Crippen MR) is 116 cm³/mol. The number of H-pyrrole nitrogens is 1. The average Bonchev–Trinajstić information content (AvgIpc) is 2.82. The van der Waals surface area contributed by atoms with E-state index in [0.29, 0.717) is 11.5 Å². The van der Waals surface area contributed by atoms with E-state index in [4.69, 9.17) is 9.47 Å². The Balaban J connectivity index is 2.15. The number of rotatable bonds is 7. The fourth-order valence-electron chi connectivity index (χ4n) is 2.94. The Kier molecular flexibility index (Phi) is 6.83. The number of nitro benzene ring substituents is 1. The number of hydrazone groups is 1. The zero-order valence-corrected chi connectivity index (χ0v) is 17.7. The van der Waals surface area contributed by atoms with Crippen LogP contribution < -0.4 is 20.5 Å². The molecule has 3 rings (SSSR count). The van der Waals surface area contributed by atoms with Crippen LogP contribution in [0.4, 0.5) is 10.5 Å². The summed E-state index contributed by atoms with van der Waals surface area (Å²) in [6.45, 7) is 0. The molecule has 13 nitrogen and oxygen atoms in total. The first-order chi connectivity index (χ1) is 15.8. The Morgan fingerprint density at radius 3 is 2.55 bits per heavy atom. The third-order valence-corrected chi connectivity index (χ3v) is 4.56. The highest BCUT2D eigenvalue weighted by Gasteiger charge is 2.24. The summed E-state index contributed by atoms with van der Waals surface area (Å²) < 4.78 is 14.9. The van der Waals surface area contributed by atoms with Crippen molar-refractivity contribution in [3.8, 4) is 11.5 Å². The van der Waals surface area contributed by atoms with Crippen molar-refractivity contribution in [1.82, 2.24) is 15.4 Å². The van der Waals surface area contributed by atoms with Crippen LogP contribution in [0.1, 0.15) is 17.4 Å². The van der Waals surface area contributed by atoms with Crippen LogP contribution in [0.15, 0.2) is 46.3 Å². The first kappa shape index (κ1) is 23.1. The van der Waals surface area contributed by atoms with Crippen LogP contribution in [0.2, 0.25) is 0 Å². The zero-order chi connectivity index (χ0) is 24.1. The van der Waals surface area contributed by atoms with Gasteiger partial charge in [0, 0.05) is 12.1 Å². The molecular formula is C20H19N5O8. The Bertz CT molecular complexity index is 1300. The largest absolute Gasteiger partial charge is 0.493 e. The molecule has 0 aliphatic carbocycles. The Labute approximate surface area is 185 Å². The zero-order valence-electron chi connectivity index (χ0n) is 17.7. The summed E-state index contributed by atoms with van der Waals surface area (Å²) in [6, 6.07) is 8.22. The quantitative estimate of drug-likeness (QED) is 0.270. The molecule has 0 saturated carbocycles. The van der Waals surface area contributed by atoms with E-state index >= 15 is 0 Å². The number of methoxy groups -OCH3 is 3. The first-order valence-electron chi connectivity index (χ1n) is 9.29. The van der Waals surface area contributed by atoms with Gasteiger partial charge in [-0.05, 0) is 23.8 Å². The molecule has 0 fully saturated rings. The molecule has 172 valence electrons. The summed E-state index contributed by atoms with van der Waals surface area (Å²) in [6.07, 6.45) is -2.48. The number of hydrogen-bond donors (Lipinski definition) is 3. The van der Waals surface area contributed by atoms with Gasteiger partial charge in [0.2, 0.25) is 0 Å². The van der Waals surface area contributed by atoms with Crippen molar-refractivity contribution in [3.63, 3.8) is 0 Å². The second-order valence-electron chi connectivity index (χ2n) is 6.49. The number of aliphatic hydroxyl groups is 1. The fraction of sp³-hybridized carbons (Fsp3) is 0.200. The number of ether oxygens (including phenoxy) is 3. The summed E-state index contributed by atoms with van der Waals surface area (Å²) in [5, 5.41) is 25.8. The third-order valence-electron chi connectivity index (χ3n) is 4.56. The first-order valence-corrected chi connectivity index (χ1v) is 9.29. The predicted octanol–water partition coefficient (Wildman–Crippen LogP) is 1.64. The number of amides is 1. The molecule has 0 radical (unpaired) electrons. The van der Waals surface area contributed by atoms with E-state index < -0.39 is 22.7 Å². The lowest BCUT2D eigenvalue weighted by Gasteiger charge is -2.16. The summed E-state index contributed by atoms with van der Waals surface area (Å²) in [7, 11) is 3.98. The standard InChI is InChI=1S/C20H19N5O8/c1-31-14-7-4-10(8-15(14)32-2)18(26)16(23-24-20(28)33-3)17-19(27)22-13-9-11(25(29)30)5-6-12(13)21-17/h4-9,18,26H,1-3H3,(H,22,27)(H,24,28)/b23-16+/t18-/m0/s1. The minimum Gasteiger partial charge on any atom is -0.493 e. The molecule has 1 amide bonds. The highest BCUT2D eigenvalue weighted by Crippen LogP contribution is 2.31. The molecule has 0 saturated heterocycles. The highest BCUT2D eigenvalue weighted by molar-refractivity contribution is 6.03. The van der Waals surface area contributed by atoms with Crippen LogP contribution in [0, 0.1) is 10.1 Å². The van der Waals surface area contributed by atoms with E-state index in [9.17, 15) is 24.8 Å². The minimum atomic E-state index is -1.54. The van der Waals surface area contributed by atoms with Gasteiger partial charge in [0.05, 0.1) is 37.3 Å². The van der Waals surface area contributed by atoms with Crippen molar-refractivity contribution in [2.45, 2.75) is 6.10 Å². The number of aromatic nitrogens is 2. The smallest absolute Gasteiger partial charge is 0.427 e. The van der Waals surface area contributed by atoms with Crippen LogP contribution >= 0.6 is 0 Å². The number of fused-ring (bicyclic) bond motifs is 1. The number of hydrogen-bond acceptors (Lipinski definition) is 10. The number of benzene rings is 2. The normalized spacial score (nSPS) is 12.2. The maximum absolute atomic E-state index is 12.8. The highest BCUT2D eigenvalue weighted by atomic mass is 16.6. The number of aliphatic hydroxyl groups excluding tert-OH is 1. The maximum atomic E-state index is 12.8. The molecule has 1 heterocycles. The molecule has 1 aromatic heterocycles. The molecule has 13 heteroatoms. The van der Waals surface area contributed by atoms with Gasteiger partial charge in [0.25, 0.3) is 11.2 Å². The lowest BCUT2D eigenvalue weighted by Crippen LogP contribution is -2.29. The second-order valence-corrected chi connectivity index (χ2v) is 6.49. The van der Waals surface area contributed by atoms with Gasteiger partial charge < -0.3 is 24.3 Å². The molecule has 33 heavy (non-hydrogen) atoms. The maximum Gasteiger partial charge on any atom is 0.427 e. The molecular weight excluding hydrogens is 438 g/mol. The van der Waals surface area contributed by atoms with E-state index in [1.54, 1.807) is 6.07 Å². The third kappa shape index (κ3) is 4.88. The van der Waals surface area contributed by atoms with E-state index in [1.165, 1.54) is 38.5 Å². The number of aromatic amines is 1. The Hall–Kier alpha value is -4.52. The van der Waals surface area contributed by atoms with Crippen molar-refractivity contribution in [3.05, 3.63) is 68.1 Å². The molecule has 0 aliphatic rings. The van der Waals surface area contributed by atoms with Gasteiger partial charge in [-0.3, -0.25) is 14.9 Å². The van der Waals surface area contributed by atoms with Crippen molar-refractivity contribution in [2.24, 2.45) is 5.10 Å². The van der Waals surface area contributed by atoms with E-state index in [0.717, 1.165) is 13.2 Å². The lowest BCUT2D eigenvalue weighted by atomic mass is 10.0. The van der Waals surface area contributed by atoms with E-state index in [1.807, 2.05) is 0 Å². The minimum absolute atomic E-state index is 0.110. The van der Waals surface area contributed by atoms with Gasteiger partial charge in [0.1, 0.15) is 11.8 Å². The van der Waals surface area contributed by atoms with Crippen molar-refractivity contribution in [1.29, 1.82) is 0 Å². The van der Waals surface area contributed by atoms with Gasteiger partial charge in [-0.2, -0.15) is 5.10 Å². The number of carbonyl (C=O) groups is 1. The molecule has 1 atom stereocenters.